The quantitative estimate of drug-likeness (QED) is 0.640. The highest BCUT2D eigenvalue weighted by atomic mass is 19.1. The number of rotatable bonds is 7. The standard InChI is InChI=1S/C22H22FN3O/c1-2-16-5-9-19(10-6-16)26-22(27)21-15-20(12-14-25-21)24-13-11-17-3-7-18(23)8-4-17/h3-10,12,14-15H,2,11,13H2,1H3,(H,24,25)(H,26,27). The Balaban J connectivity index is 1.57. The molecule has 0 bridgehead atoms. The number of benzene rings is 2. The topological polar surface area (TPSA) is 54.0 Å². The van der Waals surface area contributed by atoms with Gasteiger partial charge < -0.3 is 10.6 Å². The van der Waals surface area contributed by atoms with Gasteiger partial charge in [-0.25, -0.2) is 4.39 Å². The summed E-state index contributed by atoms with van der Waals surface area (Å²) in [6.07, 6.45) is 3.32. The molecule has 5 heteroatoms. The first-order valence-electron chi connectivity index (χ1n) is 8.98. The van der Waals surface area contributed by atoms with Gasteiger partial charge in [-0.2, -0.15) is 0 Å². The largest absolute Gasteiger partial charge is 0.385 e. The summed E-state index contributed by atoms with van der Waals surface area (Å²) in [5, 5.41) is 6.13. The highest BCUT2D eigenvalue weighted by Crippen LogP contribution is 2.13. The summed E-state index contributed by atoms with van der Waals surface area (Å²) in [6.45, 7) is 2.77. The van der Waals surface area contributed by atoms with Crippen molar-refractivity contribution >= 4 is 17.3 Å². The molecule has 4 nitrogen and oxygen atoms in total. The summed E-state index contributed by atoms with van der Waals surface area (Å²) in [5.74, 6) is -0.484. The second kappa shape index (κ2) is 8.94. The number of carbonyl (C=O) groups excluding carboxylic acids is 1. The number of amides is 1. The highest BCUT2D eigenvalue weighted by Gasteiger charge is 2.08. The maximum absolute atomic E-state index is 12.9. The first-order chi connectivity index (χ1) is 13.1. The van der Waals surface area contributed by atoms with E-state index in [1.807, 2.05) is 30.3 Å². The number of nitrogens with zero attached hydrogens (tertiary/aromatic N) is 1. The third-order valence-corrected chi connectivity index (χ3v) is 4.27. The van der Waals surface area contributed by atoms with Gasteiger partial charge in [0.15, 0.2) is 0 Å². The predicted octanol–water partition coefficient (Wildman–Crippen LogP) is 4.69. The Morgan fingerprint density at radius 2 is 1.67 bits per heavy atom. The van der Waals surface area contributed by atoms with Gasteiger partial charge in [0.1, 0.15) is 11.5 Å². The number of carbonyl (C=O) groups is 1. The van der Waals surface area contributed by atoms with Crippen LogP contribution in [-0.4, -0.2) is 17.4 Å². The minimum Gasteiger partial charge on any atom is -0.385 e. The molecule has 27 heavy (non-hydrogen) atoms. The summed E-state index contributed by atoms with van der Waals surface area (Å²) < 4.78 is 12.9. The molecular formula is C22H22FN3O. The highest BCUT2D eigenvalue weighted by molar-refractivity contribution is 6.03. The molecule has 1 aromatic heterocycles. The zero-order valence-electron chi connectivity index (χ0n) is 15.2. The first kappa shape index (κ1) is 18.6. The Bertz CT molecular complexity index is 892. The fourth-order valence-electron chi connectivity index (χ4n) is 2.69. The fourth-order valence-corrected chi connectivity index (χ4v) is 2.69. The number of aromatic nitrogens is 1. The Hall–Kier alpha value is -3.21. The molecule has 0 fully saturated rings. The van der Waals surface area contributed by atoms with Crippen LogP contribution in [-0.2, 0) is 12.8 Å². The summed E-state index contributed by atoms with van der Waals surface area (Å²) in [5.41, 5.74) is 4.18. The van der Waals surface area contributed by atoms with Crippen LogP contribution in [0.5, 0.6) is 0 Å². The van der Waals surface area contributed by atoms with Crippen LogP contribution in [0.2, 0.25) is 0 Å². The lowest BCUT2D eigenvalue weighted by atomic mass is 10.1. The van der Waals surface area contributed by atoms with E-state index in [9.17, 15) is 9.18 Å². The van der Waals surface area contributed by atoms with Crippen molar-refractivity contribution in [3.8, 4) is 0 Å². The minimum absolute atomic E-state index is 0.235. The van der Waals surface area contributed by atoms with E-state index in [1.54, 1.807) is 24.4 Å². The van der Waals surface area contributed by atoms with Gasteiger partial charge in [-0.05, 0) is 60.4 Å². The van der Waals surface area contributed by atoms with Crippen LogP contribution in [0.15, 0.2) is 66.9 Å². The van der Waals surface area contributed by atoms with Crippen LogP contribution >= 0.6 is 0 Å². The van der Waals surface area contributed by atoms with Crippen molar-refractivity contribution < 1.29 is 9.18 Å². The first-order valence-corrected chi connectivity index (χ1v) is 8.98. The van der Waals surface area contributed by atoms with Crippen LogP contribution in [0.4, 0.5) is 15.8 Å². The van der Waals surface area contributed by atoms with Gasteiger partial charge in [-0.3, -0.25) is 9.78 Å². The monoisotopic (exact) mass is 363 g/mol. The maximum Gasteiger partial charge on any atom is 0.274 e. The van der Waals surface area contributed by atoms with Crippen molar-refractivity contribution in [2.75, 3.05) is 17.2 Å². The zero-order valence-corrected chi connectivity index (χ0v) is 15.2. The maximum atomic E-state index is 12.9. The molecule has 1 amide bonds. The molecular weight excluding hydrogens is 341 g/mol. The van der Waals surface area contributed by atoms with E-state index in [0.29, 0.717) is 12.2 Å². The summed E-state index contributed by atoms with van der Waals surface area (Å²) >= 11 is 0. The van der Waals surface area contributed by atoms with Crippen molar-refractivity contribution in [2.24, 2.45) is 0 Å². The van der Waals surface area contributed by atoms with Gasteiger partial charge in [-0.15, -0.1) is 0 Å². The van der Waals surface area contributed by atoms with Gasteiger partial charge in [0.05, 0.1) is 0 Å². The van der Waals surface area contributed by atoms with Gasteiger partial charge >= 0.3 is 0 Å². The summed E-state index contributed by atoms with van der Waals surface area (Å²) in [6, 6.07) is 17.8. The van der Waals surface area contributed by atoms with Crippen molar-refractivity contribution in [1.29, 1.82) is 0 Å². The second-order valence-electron chi connectivity index (χ2n) is 6.24. The molecule has 0 radical (unpaired) electrons. The molecule has 0 saturated heterocycles. The van der Waals surface area contributed by atoms with E-state index in [-0.39, 0.29) is 11.7 Å². The van der Waals surface area contributed by atoms with Crippen LogP contribution in [0.3, 0.4) is 0 Å². The van der Waals surface area contributed by atoms with Gasteiger partial charge in [-0.1, -0.05) is 31.2 Å². The third kappa shape index (κ3) is 5.38. The third-order valence-electron chi connectivity index (χ3n) is 4.27. The van der Waals surface area contributed by atoms with Crippen molar-refractivity contribution in [1.82, 2.24) is 4.98 Å². The molecule has 0 spiro atoms. The molecule has 0 atom stereocenters. The summed E-state index contributed by atoms with van der Waals surface area (Å²) in [7, 11) is 0. The Labute approximate surface area is 158 Å². The van der Waals surface area contributed by atoms with Gasteiger partial charge in [0.2, 0.25) is 0 Å². The van der Waals surface area contributed by atoms with E-state index in [1.165, 1.54) is 17.7 Å². The van der Waals surface area contributed by atoms with E-state index in [2.05, 4.69) is 22.5 Å². The van der Waals surface area contributed by atoms with Crippen LogP contribution in [0.1, 0.15) is 28.5 Å². The normalized spacial score (nSPS) is 10.4. The average molecular weight is 363 g/mol. The smallest absolute Gasteiger partial charge is 0.274 e. The Morgan fingerprint density at radius 1 is 0.963 bits per heavy atom. The predicted molar refractivity (Wildman–Crippen MR) is 107 cm³/mol. The van der Waals surface area contributed by atoms with Crippen molar-refractivity contribution in [2.45, 2.75) is 19.8 Å². The molecule has 2 aromatic carbocycles. The van der Waals surface area contributed by atoms with Crippen molar-refractivity contribution in [3.05, 3.63) is 89.5 Å². The van der Waals surface area contributed by atoms with E-state index < -0.39 is 0 Å². The van der Waals surface area contributed by atoms with Gasteiger partial charge in [0.25, 0.3) is 5.91 Å². The number of anilines is 2. The Morgan fingerprint density at radius 3 is 2.37 bits per heavy atom. The second-order valence-corrected chi connectivity index (χ2v) is 6.24. The zero-order chi connectivity index (χ0) is 19.1. The lowest BCUT2D eigenvalue weighted by Crippen LogP contribution is -2.14. The van der Waals surface area contributed by atoms with E-state index >= 15 is 0 Å². The molecule has 3 aromatic rings. The Kier molecular flexibility index (Phi) is 6.15. The van der Waals surface area contributed by atoms with Gasteiger partial charge in [0, 0.05) is 24.1 Å². The number of aryl methyl sites for hydroxylation is 1. The van der Waals surface area contributed by atoms with Crippen LogP contribution < -0.4 is 10.6 Å². The summed E-state index contributed by atoms with van der Waals surface area (Å²) in [4.78, 5) is 16.6. The number of hydrogen-bond donors (Lipinski definition) is 2. The molecule has 138 valence electrons. The molecule has 1 heterocycles. The SMILES string of the molecule is CCc1ccc(NC(=O)c2cc(NCCc3ccc(F)cc3)ccn2)cc1. The molecule has 0 saturated carbocycles. The number of hydrogen-bond acceptors (Lipinski definition) is 3. The van der Waals surface area contributed by atoms with E-state index in [4.69, 9.17) is 0 Å². The minimum atomic E-state index is -0.249. The molecule has 0 aliphatic carbocycles. The number of pyridine rings is 1. The average Bonchev–Trinajstić information content (AvgIpc) is 2.70. The van der Waals surface area contributed by atoms with Crippen LogP contribution in [0, 0.1) is 5.82 Å². The van der Waals surface area contributed by atoms with Crippen molar-refractivity contribution in [3.63, 3.8) is 0 Å². The molecule has 0 aliphatic heterocycles. The molecule has 2 N–H and O–H groups in total. The molecule has 0 aliphatic rings. The number of nitrogens with one attached hydrogen (secondary N) is 2. The van der Waals surface area contributed by atoms with E-state index in [0.717, 1.165) is 29.8 Å². The lowest BCUT2D eigenvalue weighted by molar-refractivity contribution is 0.102. The lowest BCUT2D eigenvalue weighted by Gasteiger charge is -2.09. The molecule has 0 unspecified atom stereocenters. The fraction of sp³-hybridized carbons (Fsp3) is 0.182. The molecule has 3 rings (SSSR count). The van der Waals surface area contributed by atoms with Crippen LogP contribution in [0.25, 0.3) is 0 Å². The number of halogens is 1.